The Balaban J connectivity index is 2.26. The quantitative estimate of drug-likeness (QED) is 0.722. The molecule has 0 atom stereocenters. The van der Waals surface area contributed by atoms with Gasteiger partial charge in [0.15, 0.2) is 0 Å². The molecular formula is C16H15NS. The molecule has 2 heteroatoms. The molecule has 1 aromatic heterocycles. The van der Waals surface area contributed by atoms with Crippen LogP contribution >= 0.6 is 11.3 Å². The fourth-order valence-corrected chi connectivity index (χ4v) is 3.09. The van der Waals surface area contributed by atoms with Gasteiger partial charge in [-0.25, -0.2) is 0 Å². The van der Waals surface area contributed by atoms with Gasteiger partial charge in [-0.15, -0.1) is 11.3 Å². The second-order valence-electron chi connectivity index (χ2n) is 4.48. The molecule has 2 N–H and O–H groups in total. The summed E-state index contributed by atoms with van der Waals surface area (Å²) in [7, 11) is 0. The third-order valence-corrected chi connectivity index (χ3v) is 4.27. The molecule has 18 heavy (non-hydrogen) atoms. The summed E-state index contributed by atoms with van der Waals surface area (Å²) in [6, 6.07) is 15.2. The Morgan fingerprint density at radius 2 is 1.83 bits per heavy atom. The average molecular weight is 253 g/mol. The summed E-state index contributed by atoms with van der Waals surface area (Å²) in [6.07, 6.45) is 0. The first kappa shape index (κ1) is 11.5. The van der Waals surface area contributed by atoms with Crippen LogP contribution < -0.4 is 5.73 Å². The zero-order chi connectivity index (χ0) is 12.5. The molecular weight excluding hydrogens is 238 g/mol. The Morgan fingerprint density at radius 3 is 2.56 bits per heavy atom. The van der Waals surface area contributed by atoms with Gasteiger partial charge in [0.1, 0.15) is 0 Å². The molecule has 0 aliphatic carbocycles. The fourth-order valence-electron chi connectivity index (χ4n) is 2.33. The third-order valence-electron chi connectivity index (χ3n) is 3.31. The lowest BCUT2D eigenvalue weighted by Crippen LogP contribution is -1.91. The summed E-state index contributed by atoms with van der Waals surface area (Å²) in [5, 5.41) is 4.84. The number of benzene rings is 2. The molecule has 0 fully saturated rings. The lowest BCUT2D eigenvalue weighted by molar-refractivity contribution is 1.11. The first-order valence-electron chi connectivity index (χ1n) is 6.06. The van der Waals surface area contributed by atoms with Crippen molar-refractivity contribution in [1.29, 1.82) is 0 Å². The van der Waals surface area contributed by atoms with Gasteiger partial charge in [-0.2, -0.15) is 0 Å². The van der Waals surface area contributed by atoms with E-state index in [4.69, 9.17) is 5.73 Å². The smallest absolute Gasteiger partial charge is 0.0274 e. The summed E-state index contributed by atoms with van der Waals surface area (Å²) >= 11 is 1.73. The van der Waals surface area contributed by atoms with Crippen molar-refractivity contribution in [1.82, 2.24) is 0 Å². The van der Waals surface area contributed by atoms with Gasteiger partial charge in [0.2, 0.25) is 0 Å². The van der Waals surface area contributed by atoms with E-state index in [9.17, 15) is 0 Å². The fraction of sp³-hybridized carbons (Fsp3) is 0.125. The SMILES string of the molecule is Cc1ccc(-c2csc(CN)c2)c2ccccc12. The molecule has 0 spiro atoms. The maximum Gasteiger partial charge on any atom is 0.0274 e. The van der Waals surface area contributed by atoms with Crippen LogP contribution in [0.2, 0.25) is 0 Å². The van der Waals surface area contributed by atoms with Crippen molar-refractivity contribution in [3.05, 3.63) is 58.3 Å². The van der Waals surface area contributed by atoms with Crippen LogP contribution in [-0.2, 0) is 6.54 Å². The normalized spacial score (nSPS) is 11.0. The monoisotopic (exact) mass is 253 g/mol. The number of thiophene rings is 1. The van der Waals surface area contributed by atoms with Crippen molar-refractivity contribution in [3.63, 3.8) is 0 Å². The Morgan fingerprint density at radius 1 is 1.06 bits per heavy atom. The Hall–Kier alpha value is -1.64. The highest BCUT2D eigenvalue weighted by Crippen LogP contribution is 2.33. The van der Waals surface area contributed by atoms with E-state index >= 15 is 0 Å². The summed E-state index contributed by atoms with van der Waals surface area (Å²) in [6.45, 7) is 2.78. The number of fused-ring (bicyclic) bond motifs is 1. The summed E-state index contributed by atoms with van der Waals surface area (Å²) in [5.74, 6) is 0. The molecule has 3 aromatic rings. The van der Waals surface area contributed by atoms with E-state index in [0.717, 1.165) is 0 Å². The lowest BCUT2D eigenvalue weighted by Gasteiger charge is -2.07. The molecule has 0 unspecified atom stereocenters. The second kappa shape index (κ2) is 4.56. The van der Waals surface area contributed by atoms with E-state index in [-0.39, 0.29) is 0 Å². The third kappa shape index (κ3) is 1.84. The van der Waals surface area contributed by atoms with Gasteiger partial charge >= 0.3 is 0 Å². The Labute approximate surface area is 111 Å². The van der Waals surface area contributed by atoms with E-state index in [2.05, 4.69) is 54.8 Å². The summed E-state index contributed by atoms with van der Waals surface area (Å²) < 4.78 is 0. The second-order valence-corrected chi connectivity index (χ2v) is 5.48. The number of rotatable bonds is 2. The molecule has 3 rings (SSSR count). The molecule has 0 aliphatic heterocycles. The van der Waals surface area contributed by atoms with Crippen molar-refractivity contribution >= 4 is 22.1 Å². The van der Waals surface area contributed by atoms with Gasteiger partial charge in [-0.3, -0.25) is 0 Å². The van der Waals surface area contributed by atoms with Crippen molar-refractivity contribution in [2.45, 2.75) is 13.5 Å². The number of hydrogen-bond acceptors (Lipinski definition) is 2. The highest BCUT2D eigenvalue weighted by Gasteiger charge is 2.07. The first-order valence-corrected chi connectivity index (χ1v) is 6.94. The van der Waals surface area contributed by atoms with Gasteiger partial charge in [0, 0.05) is 11.4 Å². The van der Waals surface area contributed by atoms with E-state index in [1.54, 1.807) is 11.3 Å². The van der Waals surface area contributed by atoms with Crippen molar-refractivity contribution in [2.75, 3.05) is 0 Å². The van der Waals surface area contributed by atoms with Crippen LogP contribution in [0.5, 0.6) is 0 Å². The van der Waals surface area contributed by atoms with Crippen LogP contribution in [0.15, 0.2) is 47.8 Å². The predicted octanol–water partition coefficient (Wildman–Crippen LogP) is 4.34. The van der Waals surface area contributed by atoms with Crippen LogP contribution in [-0.4, -0.2) is 0 Å². The standard InChI is InChI=1S/C16H15NS/c1-11-6-7-15(12-8-13(9-17)18-10-12)16-5-3-2-4-14(11)16/h2-8,10H,9,17H2,1H3. The van der Waals surface area contributed by atoms with Gasteiger partial charge < -0.3 is 5.73 Å². The molecule has 1 nitrogen and oxygen atoms in total. The minimum absolute atomic E-state index is 0.620. The highest BCUT2D eigenvalue weighted by molar-refractivity contribution is 7.10. The molecule has 0 saturated carbocycles. The maximum atomic E-state index is 5.69. The Kier molecular flexibility index (Phi) is 2.90. The first-order chi connectivity index (χ1) is 8.79. The molecule has 0 aliphatic rings. The number of nitrogens with two attached hydrogens (primary N) is 1. The van der Waals surface area contributed by atoms with Gasteiger partial charge in [0.25, 0.3) is 0 Å². The minimum atomic E-state index is 0.620. The zero-order valence-electron chi connectivity index (χ0n) is 10.3. The number of aryl methyl sites for hydroxylation is 1. The van der Waals surface area contributed by atoms with Gasteiger partial charge in [-0.1, -0.05) is 36.4 Å². The maximum absolute atomic E-state index is 5.69. The molecule has 0 bridgehead atoms. The lowest BCUT2D eigenvalue weighted by atomic mass is 9.97. The Bertz CT molecular complexity index is 697. The largest absolute Gasteiger partial charge is 0.326 e. The van der Waals surface area contributed by atoms with Crippen molar-refractivity contribution in [2.24, 2.45) is 5.73 Å². The van der Waals surface area contributed by atoms with Gasteiger partial charge in [0.05, 0.1) is 0 Å². The zero-order valence-corrected chi connectivity index (χ0v) is 11.1. The average Bonchev–Trinajstić information content (AvgIpc) is 2.88. The molecule has 0 radical (unpaired) electrons. The van der Waals surface area contributed by atoms with Crippen molar-refractivity contribution < 1.29 is 0 Å². The predicted molar refractivity (Wildman–Crippen MR) is 79.9 cm³/mol. The van der Waals surface area contributed by atoms with Crippen LogP contribution in [0.3, 0.4) is 0 Å². The van der Waals surface area contributed by atoms with E-state index in [0.29, 0.717) is 6.54 Å². The summed E-state index contributed by atoms with van der Waals surface area (Å²) in [4.78, 5) is 1.23. The molecule has 90 valence electrons. The van der Waals surface area contributed by atoms with Crippen molar-refractivity contribution in [3.8, 4) is 11.1 Å². The molecule has 2 aromatic carbocycles. The summed E-state index contributed by atoms with van der Waals surface area (Å²) in [5.41, 5.74) is 9.58. The van der Waals surface area contributed by atoms with Gasteiger partial charge in [-0.05, 0) is 45.8 Å². The van der Waals surface area contributed by atoms with Crippen LogP contribution in [0.4, 0.5) is 0 Å². The molecule has 0 saturated heterocycles. The van der Waals surface area contributed by atoms with E-state index in [1.807, 2.05) is 0 Å². The van der Waals surface area contributed by atoms with E-state index in [1.165, 1.54) is 32.3 Å². The topological polar surface area (TPSA) is 26.0 Å². The van der Waals surface area contributed by atoms with Crippen LogP contribution in [0.1, 0.15) is 10.4 Å². The van der Waals surface area contributed by atoms with Crippen LogP contribution in [0, 0.1) is 6.92 Å². The van der Waals surface area contributed by atoms with E-state index < -0.39 is 0 Å². The minimum Gasteiger partial charge on any atom is -0.326 e. The highest BCUT2D eigenvalue weighted by atomic mass is 32.1. The number of hydrogen-bond donors (Lipinski definition) is 1. The molecule has 1 heterocycles. The molecule has 0 amide bonds. The van der Waals surface area contributed by atoms with Crippen LogP contribution in [0.25, 0.3) is 21.9 Å².